The SMILES string of the molecule is CN=C(NCCCN1CCC(C)CC1)NCc1ccc(C)c(OC)c1. The first kappa shape index (κ1) is 19.6. The number of aryl methyl sites for hydroxylation is 1. The molecule has 1 aromatic carbocycles. The summed E-state index contributed by atoms with van der Waals surface area (Å²) in [5, 5.41) is 6.78. The van der Waals surface area contributed by atoms with Crippen molar-refractivity contribution in [2.75, 3.05) is 40.3 Å². The van der Waals surface area contributed by atoms with Gasteiger partial charge >= 0.3 is 0 Å². The van der Waals surface area contributed by atoms with E-state index in [2.05, 4.69) is 52.6 Å². The van der Waals surface area contributed by atoms with Crippen molar-refractivity contribution in [2.24, 2.45) is 10.9 Å². The van der Waals surface area contributed by atoms with E-state index < -0.39 is 0 Å². The summed E-state index contributed by atoms with van der Waals surface area (Å²) in [6, 6.07) is 6.29. The van der Waals surface area contributed by atoms with Crippen LogP contribution in [0.3, 0.4) is 0 Å². The Bertz CT molecular complexity index is 551. The van der Waals surface area contributed by atoms with E-state index in [-0.39, 0.29) is 0 Å². The van der Waals surface area contributed by atoms with Crippen molar-refractivity contribution in [3.8, 4) is 5.75 Å². The van der Waals surface area contributed by atoms with Gasteiger partial charge in [-0.3, -0.25) is 4.99 Å². The van der Waals surface area contributed by atoms with Gasteiger partial charge in [-0.05, 0) is 68.9 Å². The molecule has 1 heterocycles. The number of hydrogen-bond acceptors (Lipinski definition) is 3. The van der Waals surface area contributed by atoms with Crippen molar-refractivity contribution in [1.29, 1.82) is 0 Å². The fourth-order valence-electron chi connectivity index (χ4n) is 3.18. The van der Waals surface area contributed by atoms with Gasteiger partial charge in [0.25, 0.3) is 0 Å². The third-order valence-corrected chi connectivity index (χ3v) is 4.98. The molecular weight excluding hydrogens is 312 g/mol. The molecule has 1 aliphatic rings. The maximum atomic E-state index is 5.38. The van der Waals surface area contributed by atoms with E-state index in [0.717, 1.165) is 42.7 Å². The minimum absolute atomic E-state index is 0.736. The van der Waals surface area contributed by atoms with Crippen molar-refractivity contribution >= 4 is 5.96 Å². The Balaban J connectivity index is 1.67. The van der Waals surface area contributed by atoms with Gasteiger partial charge in [0.2, 0.25) is 0 Å². The lowest BCUT2D eigenvalue weighted by atomic mass is 9.99. The number of guanidine groups is 1. The molecule has 1 aliphatic heterocycles. The number of rotatable bonds is 7. The minimum Gasteiger partial charge on any atom is -0.496 e. The molecule has 140 valence electrons. The average molecular weight is 347 g/mol. The summed E-state index contributed by atoms with van der Waals surface area (Å²) in [6.45, 7) is 9.78. The van der Waals surface area contributed by atoms with Crippen LogP contribution in [-0.2, 0) is 6.54 Å². The Morgan fingerprint density at radius 1 is 1.28 bits per heavy atom. The quantitative estimate of drug-likeness (QED) is 0.453. The van der Waals surface area contributed by atoms with Crippen LogP contribution in [0.1, 0.15) is 37.3 Å². The molecule has 0 saturated carbocycles. The van der Waals surface area contributed by atoms with Crippen molar-refractivity contribution in [3.63, 3.8) is 0 Å². The Hall–Kier alpha value is -1.75. The molecule has 5 nitrogen and oxygen atoms in total. The maximum Gasteiger partial charge on any atom is 0.191 e. The molecule has 0 aromatic heterocycles. The Labute approximate surface area is 152 Å². The molecule has 0 unspecified atom stereocenters. The van der Waals surface area contributed by atoms with E-state index in [1.807, 2.05) is 7.05 Å². The lowest BCUT2D eigenvalue weighted by Crippen LogP contribution is -2.39. The van der Waals surface area contributed by atoms with Gasteiger partial charge in [-0.25, -0.2) is 0 Å². The predicted octanol–water partition coefficient (Wildman–Crippen LogP) is 2.79. The van der Waals surface area contributed by atoms with E-state index in [9.17, 15) is 0 Å². The Morgan fingerprint density at radius 2 is 2.04 bits per heavy atom. The Kier molecular flexibility index (Phi) is 8.06. The van der Waals surface area contributed by atoms with E-state index in [0.29, 0.717) is 0 Å². The second kappa shape index (κ2) is 10.3. The van der Waals surface area contributed by atoms with Gasteiger partial charge in [0, 0.05) is 20.1 Å². The predicted molar refractivity (Wildman–Crippen MR) is 105 cm³/mol. The van der Waals surface area contributed by atoms with Crippen LogP contribution in [0.25, 0.3) is 0 Å². The highest BCUT2D eigenvalue weighted by molar-refractivity contribution is 5.79. The fourth-order valence-corrected chi connectivity index (χ4v) is 3.18. The lowest BCUT2D eigenvalue weighted by Gasteiger charge is -2.30. The van der Waals surface area contributed by atoms with Crippen LogP contribution in [0.4, 0.5) is 0 Å². The number of piperidine rings is 1. The summed E-state index contributed by atoms with van der Waals surface area (Å²) < 4.78 is 5.38. The summed E-state index contributed by atoms with van der Waals surface area (Å²) >= 11 is 0. The fraction of sp³-hybridized carbons (Fsp3) is 0.650. The molecule has 25 heavy (non-hydrogen) atoms. The first-order valence-corrected chi connectivity index (χ1v) is 9.42. The first-order chi connectivity index (χ1) is 12.1. The van der Waals surface area contributed by atoms with Crippen LogP contribution < -0.4 is 15.4 Å². The van der Waals surface area contributed by atoms with Crippen molar-refractivity contribution in [1.82, 2.24) is 15.5 Å². The van der Waals surface area contributed by atoms with Crippen LogP contribution >= 0.6 is 0 Å². The summed E-state index contributed by atoms with van der Waals surface area (Å²) in [5.74, 6) is 2.68. The third kappa shape index (κ3) is 6.58. The van der Waals surface area contributed by atoms with Gasteiger partial charge in [-0.15, -0.1) is 0 Å². The molecule has 0 radical (unpaired) electrons. The number of likely N-dealkylation sites (tertiary alicyclic amines) is 1. The normalized spacial score (nSPS) is 16.7. The molecule has 1 fully saturated rings. The number of aliphatic imine (C=N–C) groups is 1. The monoisotopic (exact) mass is 346 g/mol. The zero-order valence-corrected chi connectivity index (χ0v) is 16.3. The standard InChI is InChI=1S/C20H34N4O/c1-16-8-12-24(13-9-16)11-5-10-22-20(21-3)23-15-18-7-6-17(2)19(14-18)25-4/h6-7,14,16H,5,8-13,15H2,1-4H3,(H2,21,22,23). The third-order valence-electron chi connectivity index (χ3n) is 4.98. The van der Waals surface area contributed by atoms with Crippen molar-refractivity contribution < 1.29 is 4.74 Å². The number of benzene rings is 1. The number of nitrogens with one attached hydrogen (secondary N) is 2. The van der Waals surface area contributed by atoms with E-state index >= 15 is 0 Å². The smallest absolute Gasteiger partial charge is 0.191 e. The molecule has 5 heteroatoms. The van der Waals surface area contributed by atoms with Crippen LogP contribution in [0.5, 0.6) is 5.75 Å². The Morgan fingerprint density at radius 3 is 2.72 bits per heavy atom. The summed E-state index contributed by atoms with van der Waals surface area (Å²) in [6.07, 6.45) is 3.83. The molecule has 2 rings (SSSR count). The highest BCUT2D eigenvalue weighted by Gasteiger charge is 2.14. The van der Waals surface area contributed by atoms with Gasteiger partial charge in [-0.1, -0.05) is 19.1 Å². The molecule has 0 spiro atoms. The number of ether oxygens (including phenoxy) is 1. The number of hydrogen-bond donors (Lipinski definition) is 2. The highest BCUT2D eigenvalue weighted by Crippen LogP contribution is 2.18. The van der Waals surface area contributed by atoms with Gasteiger partial charge in [-0.2, -0.15) is 0 Å². The molecular formula is C20H34N4O. The minimum atomic E-state index is 0.736. The molecule has 0 bridgehead atoms. The molecule has 2 N–H and O–H groups in total. The number of methoxy groups -OCH3 is 1. The molecule has 1 saturated heterocycles. The lowest BCUT2D eigenvalue weighted by molar-refractivity contribution is 0.191. The second-order valence-electron chi connectivity index (χ2n) is 7.03. The summed E-state index contributed by atoms with van der Waals surface area (Å²) in [4.78, 5) is 6.89. The first-order valence-electron chi connectivity index (χ1n) is 9.42. The highest BCUT2D eigenvalue weighted by atomic mass is 16.5. The average Bonchev–Trinajstić information content (AvgIpc) is 2.63. The molecule has 0 amide bonds. The zero-order chi connectivity index (χ0) is 18.1. The van der Waals surface area contributed by atoms with E-state index in [4.69, 9.17) is 4.74 Å². The summed E-state index contributed by atoms with van der Waals surface area (Å²) in [7, 11) is 3.53. The van der Waals surface area contributed by atoms with Crippen LogP contribution in [0.15, 0.2) is 23.2 Å². The second-order valence-corrected chi connectivity index (χ2v) is 7.03. The zero-order valence-electron chi connectivity index (χ0n) is 16.3. The van der Waals surface area contributed by atoms with Gasteiger partial charge < -0.3 is 20.3 Å². The van der Waals surface area contributed by atoms with Gasteiger partial charge in [0.15, 0.2) is 5.96 Å². The van der Waals surface area contributed by atoms with E-state index in [1.54, 1.807) is 7.11 Å². The molecule has 0 aliphatic carbocycles. The topological polar surface area (TPSA) is 48.9 Å². The van der Waals surface area contributed by atoms with Crippen LogP contribution in [0, 0.1) is 12.8 Å². The largest absolute Gasteiger partial charge is 0.496 e. The number of nitrogens with zero attached hydrogens (tertiary/aromatic N) is 2. The van der Waals surface area contributed by atoms with Crippen molar-refractivity contribution in [3.05, 3.63) is 29.3 Å². The van der Waals surface area contributed by atoms with E-state index in [1.165, 1.54) is 38.0 Å². The molecule has 0 atom stereocenters. The van der Waals surface area contributed by atoms with Gasteiger partial charge in [0.1, 0.15) is 5.75 Å². The van der Waals surface area contributed by atoms with Crippen LogP contribution in [0.2, 0.25) is 0 Å². The molecule has 1 aromatic rings. The maximum absolute atomic E-state index is 5.38. The van der Waals surface area contributed by atoms with Gasteiger partial charge in [0.05, 0.1) is 7.11 Å². The van der Waals surface area contributed by atoms with Crippen LogP contribution in [-0.4, -0.2) is 51.2 Å². The summed E-state index contributed by atoms with van der Waals surface area (Å²) in [5.41, 5.74) is 2.34. The van der Waals surface area contributed by atoms with Crippen molar-refractivity contribution in [2.45, 2.75) is 39.7 Å².